The van der Waals surface area contributed by atoms with E-state index in [4.69, 9.17) is 0 Å². The molecular weight excluding hydrogens is 280 g/mol. The van der Waals surface area contributed by atoms with E-state index in [0.717, 1.165) is 12.0 Å². The van der Waals surface area contributed by atoms with Gasteiger partial charge in [0.2, 0.25) is 0 Å². The van der Waals surface area contributed by atoms with Crippen molar-refractivity contribution in [3.05, 3.63) is 76.9 Å². The van der Waals surface area contributed by atoms with Crippen LogP contribution in [0.1, 0.15) is 23.6 Å². The molecule has 0 radical (unpaired) electrons. The van der Waals surface area contributed by atoms with Crippen LogP contribution in [0.4, 0.5) is 0 Å². The zero-order chi connectivity index (χ0) is 16.1. The number of carboxylic acid groups (broad SMARTS) is 2. The summed E-state index contributed by atoms with van der Waals surface area (Å²) in [6, 6.07) is 16.0. The standard InChI is InChI=1S/C18H16O4/c1-2-12-8-10-14(11-9-12)15(13-6-4-3-5-7-13)16(17(19)20)18(21)22/h3-11H,2H2,1H3,(H,19,20)(H,21,22). The molecule has 0 fully saturated rings. The van der Waals surface area contributed by atoms with Crippen molar-refractivity contribution in [2.45, 2.75) is 13.3 Å². The van der Waals surface area contributed by atoms with Gasteiger partial charge in [-0.2, -0.15) is 0 Å². The van der Waals surface area contributed by atoms with Gasteiger partial charge in [0, 0.05) is 5.57 Å². The molecule has 0 spiro atoms. The Hall–Kier alpha value is -2.88. The smallest absolute Gasteiger partial charge is 0.343 e. The molecule has 0 saturated carbocycles. The van der Waals surface area contributed by atoms with Crippen molar-refractivity contribution in [1.29, 1.82) is 0 Å². The van der Waals surface area contributed by atoms with Crippen molar-refractivity contribution in [2.24, 2.45) is 0 Å². The largest absolute Gasteiger partial charge is 0.477 e. The fourth-order valence-corrected chi connectivity index (χ4v) is 2.27. The zero-order valence-corrected chi connectivity index (χ0v) is 12.1. The SMILES string of the molecule is CCc1ccc(C(=C(C(=O)O)C(=O)O)c2ccccc2)cc1. The molecule has 4 heteroatoms. The maximum atomic E-state index is 11.4. The summed E-state index contributed by atoms with van der Waals surface area (Å²) in [6.45, 7) is 2.02. The number of carbonyl (C=O) groups is 2. The van der Waals surface area contributed by atoms with Crippen molar-refractivity contribution in [1.82, 2.24) is 0 Å². The van der Waals surface area contributed by atoms with Gasteiger partial charge in [-0.15, -0.1) is 0 Å². The van der Waals surface area contributed by atoms with E-state index in [9.17, 15) is 19.8 Å². The summed E-state index contributed by atoms with van der Waals surface area (Å²) in [4.78, 5) is 22.8. The number of hydrogen-bond acceptors (Lipinski definition) is 2. The highest BCUT2D eigenvalue weighted by Crippen LogP contribution is 2.27. The monoisotopic (exact) mass is 296 g/mol. The molecule has 4 nitrogen and oxygen atoms in total. The lowest BCUT2D eigenvalue weighted by Crippen LogP contribution is -2.14. The minimum atomic E-state index is -1.45. The summed E-state index contributed by atoms with van der Waals surface area (Å²) in [7, 11) is 0. The van der Waals surface area contributed by atoms with Crippen LogP contribution in [-0.4, -0.2) is 22.2 Å². The first-order valence-corrected chi connectivity index (χ1v) is 6.90. The third-order valence-electron chi connectivity index (χ3n) is 3.39. The van der Waals surface area contributed by atoms with Gasteiger partial charge in [-0.3, -0.25) is 0 Å². The molecule has 0 atom stereocenters. The second kappa shape index (κ2) is 6.72. The molecule has 22 heavy (non-hydrogen) atoms. The first kappa shape index (κ1) is 15.5. The molecule has 2 rings (SSSR count). The van der Waals surface area contributed by atoms with Crippen LogP contribution in [0, 0.1) is 0 Å². The number of rotatable bonds is 5. The lowest BCUT2D eigenvalue weighted by atomic mass is 9.92. The molecule has 112 valence electrons. The van der Waals surface area contributed by atoms with E-state index in [0.29, 0.717) is 11.1 Å². The highest BCUT2D eigenvalue weighted by atomic mass is 16.4. The first-order valence-electron chi connectivity index (χ1n) is 6.90. The Morgan fingerprint density at radius 1 is 0.818 bits per heavy atom. The summed E-state index contributed by atoms with van der Waals surface area (Å²) in [5.41, 5.74) is 1.82. The Kier molecular flexibility index (Phi) is 4.73. The number of benzene rings is 2. The Morgan fingerprint density at radius 2 is 1.32 bits per heavy atom. The van der Waals surface area contributed by atoms with Crippen molar-refractivity contribution >= 4 is 17.5 Å². The summed E-state index contributed by atoms with van der Waals surface area (Å²) in [6.07, 6.45) is 0.857. The van der Waals surface area contributed by atoms with E-state index in [2.05, 4.69) is 0 Å². The summed E-state index contributed by atoms with van der Waals surface area (Å²) in [5.74, 6) is -2.91. The molecule has 0 unspecified atom stereocenters. The van der Waals surface area contributed by atoms with Crippen LogP contribution < -0.4 is 0 Å². The van der Waals surface area contributed by atoms with E-state index in [-0.39, 0.29) is 5.57 Å². The molecule has 0 aliphatic carbocycles. The van der Waals surface area contributed by atoms with E-state index in [1.807, 2.05) is 19.1 Å². The normalized spacial score (nSPS) is 10.0. The second-order valence-corrected chi connectivity index (χ2v) is 4.78. The Morgan fingerprint density at radius 3 is 1.77 bits per heavy atom. The predicted molar refractivity (Wildman–Crippen MR) is 83.6 cm³/mol. The van der Waals surface area contributed by atoms with Gasteiger partial charge in [-0.25, -0.2) is 9.59 Å². The van der Waals surface area contributed by atoms with Gasteiger partial charge < -0.3 is 10.2 Å². The fraction of sp³-hybridized carbons (Fsp3) is 0.111. The lowest BCUT2D eigenvalue weighted by molar-refractivity contribution is -0.140. The van der Waals surface area contributed by atoms with Crippen molar-refractivity contribution in [2.75, 3.05) is 0 Å². The third kappa shape index (κ3) is 3.23. The van der Waals surface area contributed by atoms with Crippen LogP contribution in [-0.2, 0) is 16.0 Å². The molecule has 0 saturated heterocycles. The molecule has 2 aromatic rings. The molecule has 2 aromatic carbocycles. The molecule has 0 aliphatic heterocycles. The number of hydrogen-bond donors (Lipinski definition) is 2. The Bertz CT molecular complexity index is 697. The Balaban J connectivity index is 2.72. The van der Waals surface area contributed by atoms with Crippen LogP contribution in [0.25, 0.3) is 5.57 Å². The van der Waals surface area contributed by atoms with Crippen LogP contribution in [0.2, 0.25) is 0 Å². The minimum Gasteiger partial charge on any atom is -0.477 e. The van der Waals surface area contributed by atoms with Crippen LogP contribution in [0.15, 0.2) is 60.2 Å². The van der Waals surface area contributed by atoms with Crippen LogP contribution in [0.5, 0.6) is 0 Å². The van der Waals surface area contributed by atoms with E-state index < -0.39 is 17.5 Å². The Labute approximate surface area is 128 Å². The van der Waals surface area contributed by atoms with Gasteiger partial charge in [0.15, 0.2) is 5.57 Å². The minimum absolute atomic E-state index is 0.211. The van der Waals surface area contributed by atoms with Gasteiger partial charge in [0.1, 0.15) is 0 Å². The maximum absolute atomic E-state index is 11.4. The maximum Gasteiger partial charge on any atom is 0.343 e. The van der Waals surface area contributed by atoms with E-state index >= 15 is 0 Å². The molecule has 0 amide bonds. The van der Waals surface area contributed by atoms with Gasteiger partial charge in [-0.1, -0.05) is 61.5 Å². The lowest BCUT2D eigenvalue weighted by Gasteiger charge is -2.12. The second-order valence-electron chi connectivity index (χ2n) is 4.78. The van der Waals surface area contributed by atoms with Crippen molar-refractivity contribution < 1.29 is 19.8 Å². The van der Waals surface area contributed by atoms with Crippen LogP contribution >= 0.6 is 0 Å². The number of aliphatic carboxylic acids is 2. The zero-order valence-electron chi connectivity index (χ0n) is 12.1. The molecule has 0 bridgehead atoms. The quantitative estimate of drug-likeness (QED) is 0.504. The van der Waals surface area contributed by atoms with Crippen molar-refractivity contribution in [3.8, 4) is 0 Å². The molecule has 2 N–H and O–H groups in total. The molecule has 0 heterocycles. The van der Waals surface area contributed by atoms with Crippen LogP contribution in [0.3, 0.4) is 0 Å². The molecular formula is C18H16O4. The highest BCUT2D eigenvalue weighted by Gasteiger charge is 2.24. The van der Waals surface area contributed by atoms with Gasteiger partial charge in [0.05, 0.1) is 0 Å². The first-order chi connectivity index (χ1) is 10.5. The average Bonchev–Trinajstić information content (AvgIpc) is 2.52. The van der Waals surface area contributed by atoms with Gasteiger partial charge in [-0.05, 0) is 23.1 Å². The molecule has 0 aromatic heterocycles. The summed E-state index contributed by atoms with van der Waals surface area (Å²) in [5, 5.41) is 18.6. The molecule has 0 aliphatic rings. The third-order valence-corrected chi connectivity index (χ3v) is 3.39. The summed E-state index contributed by atoms with van der Waals surface area (Å²) < 4.78 is 0. The highest BCUT2D eigenvalue weighted by molar-refractivity contribution is 6.20. The summed E-state index contributed by atoms with van der Waals surface area (Å²) >= 11 is 0. The van der Waals surface area contributed by atoms with E-state index in [1.165, 1.54) is 0 Å². The predicted octanol–water partition coefficient (Wildman–Crippen LogP) is 3.22. The average molecular weight is 296 g/mol. The van der Waals surface area contributed by atoms with Crippen molar-refractivity contribution in [3.63, 3.8) is 0 Å². The number of carboxylic acids is 2. The number of aryl methyl sites for hydroxylation is 1. The topological polar surface area (TPSA) is 74.6 Å². The van der Waals surface area contributed by atoms with Gasteiger partial charge in [0.25, 0.3) is 0 Å². The van der Waals surface area contributed by atoms with E-state index in [1.54, 1.807) is 42.5 Å². The fourth-order valence-electron chi connectivity index (χ4n) is 2.27. The van der Waals surface area contributed by atoms with Gasteiger partial charge >= 0.3 is 11.9 Å².